The standard InChI is InChI=1S/C25H30N4O3/c1-15-5-7-19(8-6-15)23-20(14-30)24-25(32)28(9-10-29(24)27-23)13-21(31)26-22-17(3)11-16(2)12-18(22)4/h5-12,20,23-24,27,30H,13-14H2,1-4H3,(H,26,31). The number of rotatable bonds is 5. The minimum Gasteiger partial charge on any atom is -0.396 e. The Morgan fingerprint density at radius 1 is 1.03 bits per heavy atom. The van der Waals surface area contributed by atoms with Crippen LogP contribution in [0.1, 0.15) is 33.9 Å². The van der Waals surface area contributed by atoms with Crippen molar-refractivity contribution in [3.05, 3.63) is 76.6 Å². The number of hydrogen-bond acceptors (Lipinski definition) is 5. The molecule has 2 heterocycles. The fourth-order valence-corrected chi connectivity index (χ4v) is 4.70. The molecular weight excluding hydrogens is 404 g/mol. The zero-order valence-corrected chi connectivity index (χ0v) is 18.9. The highest BCUT2D eigenvalue weighted by molar-refractivity contribution is 5.97. The molecule has 2 aromatic carbocycles. The number of aliphatic hydroxyl groups is 1. The van der Waals surface area contributed by atoms with E-state index >= 15 is 0 Å². The monoisotopic (exact) mass is 434 g/mol. The molecule has 2 amide bonds. The van der Waals surface area contributed by atoms with Crippen LogP contribution in [0, 0.1) is 33.6 Å². The smallest absolute Gasteiger partial charge is 0.251 e. The van der Waals surface area contributed by atoms with E-state index in [1.165, 1.54) is 4.90 Å². The van der Waals surface area contributed by atoms with Crippen molar-refractivity contribution in [1.82, 2.24) is 15.3 Å². The van der Waals surface area contributed by atoms with E-state index < -0.39 is 6.04 Å². The molecule has 0 bridgehead atoms. The average molecular weight is 435 g/mol. The van der Waals surface area contributed by atoms with Crippen LogP contribution in [-0.2, 0) is 9.59 Å². The fourth-order valence-electron chi connectivity index (χ4n) is 4.70. The third-order valence-corrected chi connectivity index (χ3v) is 6.27. The first-order chi connectivity index (χ1) is 15.3. The summed E-state index contributed by atoms with van der Waals surface area (Å²) in [5.41, 5.74) is 9.40. The van der Waals surface area contributed by atoms with Crippen LogP contribution in [0.4, 0.5) is 5.69 Å². The van der Waals surface area contributed by atoms with Crippen molar-refractivity contribution >= 4 is 17.5 Å². The molecule has 2 aromatic rings. The molecule has 0 aliphatic carbocycles. The molecule has 0 spiro atoms. The first-order valence-electron chi connectivity index (χ1n) is 10.9. The van der Waals surface area contributed by atoms with Crippen molar-refractivity contribution in [2.24, 2.45) is 5.92 Å². The maximum Gasteiger partial charge on any atom is 0.251 e. The number of aliphatic hydroxyl groups excluding tert-OH is 1. The summed E-state index contributed by atoms with van der Waals surface area (Å²) in [5.74, 6) is -0.795. The summed E-state index contributed by atoms with van der Waals surface area (Å²) in [6.07, 6.45) is 3.38. The molecule has 0 saturated carbocycles. The lowest BCUT2D eigenvalue weighted by atomic mass is 9.88. The van der Waals surface area contributed by atoms with Gasteiger partial charge in [0.1, 0.15) is 12.6 Å². The lowest BCUT2D eigenvalue weighted by Gasteiger charge is -2.33. The molecule has 3 N–H and O–H groups in total. The van der Waals surface area contributed by atoms with Gasteiger partial charge < -0.3 is 20.3 Å². The highest BCUT2D eigenvalue weighted by atomic mass is 16.3. The van der Waals surface area contributed by atoms with Gasteiger partial charge in [-0.05, 0) is 44.4 Å². The number of nitrogens with one attached hydrogen (secondary N) is 2. The van der Waals surface area contributed by atoms with Gasteiger partial charge in [0.15, 0.2) is 0 Å². The van der Waals surface area contributed by atoms with Gasteiger partial charge >= 0.3 is 0 Å². The third kappa shape index (κ3) is 4.13. The molecule has 1 saturated heterocycles. The molecule has 2 aliphatic rings. The van der Waals surface area contributed by atoms with Crippen LogP contribution in [0.5, 0.6) is 0 Å². The second-order valence-electron chi connectivity index (χ2n) is 8.80. The Bertz CT molecular complexity index is 1040. The SMILES string of the molecule is Cc1ccc(C2NN3C=CN(CC(=O)Nc4c(C)cc(C)cc4C)C(=O)C3C2CO)cc1. The molecule has 1 fully saturated rings. The second kappa shape index (κ2) is 8.76. The van der Waals surface area contributed by atoms with E-state index in [0.717, 1.165) is 33.5 Å². The van der Waals surface area contributed by atoms with Gasteiger partial charge in [-0.3, -0.25) is 9.59 Å². The van der Waals surface area contributed by atoms with E-state index in [2.05, 4.69) is 10.7 Å². The molecule has 3 unspecified atom stereocenters. The first kappa shape index (κ1) is 22.0. The maximum absolute atomic E-state index is 13.3. The number of hydrogen-bond donors (Lipinski definition) is 3. The molecule has 3 atom stereocenters. The Labute approximate surface area is 188 Å². The van der Waals surface area contributed by atoms with Crippen LogP contribution >= 0.6 is 0 Å². The summed E-state index contributed by atoms with van der Waals surface area (Å²) >= 11 is 0. The molecule has 2 aliphatic heterocycles. The summed E-state index contributed by atoms with van der Waals surface area (Å²) < 4.78 is 0. The van der Waals surface area contributed by atoms with Crippen molar-refractivity contribution in [2.45, 2.75) is 39.8 Å². The van der Waals surface area contributed by atoms with Crippen LogP contribution in [0.25, 0.3) is 0 Å². The molecule has 168 valence electrons. The van der Waals surface area contributed by atoms with Gasteiger partial charge in [0.2, 0.25) is 5.91 Å². The Morgan fingerprint density at radius 3 is 2.31 bits per heavy atom. The van der Waals surface area contributed by atoms with Gasteiger partial charge in [0, 0.05) is 24.0 Å². The third-order valence-electron chi connectivity index (χ3n) is 6.27. The highest BCUT2D eigenvalue weighted by Gasteiger charge is 2.48. The highest BCUT2D eigenvalue weighted by Crippen LogP contribution is 2.36. The molecule has 32 heavy (non-hydrogen) atoms. The Morgan fingerprint density at radius 2 is 1.69 bits per heavy atom. The largest absolute Gasteiger partial charge is 0.396 e. The number of anilines is 1. The number of carbonyl (C=O) groups is 2. The lowest BCUT2D eigenvalue weighted by Crippen LogP contribution is -2.51. The minimum atomic E-state index is -0.577. The number of benzene rings is 2. The number of amides is 2. The molecule has 7 nitrogen and oxygen atoms in total. The number of aryl methyl sites for hydroxylation is 4. The predicted octanol–water partition coefficient (Wildman–Crippen LogP) is 2.71. The molecular formula is C25H30N4O3. The normalized spacial score (nSPS) is 22.3. The van der Waals surface area contributed by atoms with Crippen molar-refractivity contribution in [3.63, 3.8) is 0 Å². The van der Waals surface area contributed by atoms with Crippen molar-refractivity contribution < 1.29 is 14.7 Å². The van der Waals surface area contributed by atoms with Gasteiger partial charge in [0.05, 0.1) is 12.6 Å². The molecule has 0 aromatic heterocycles. The maximum atomic E-state index is 13.3. The molecule has 0 radical (unpaired) electrons. The van der Waals surface area contributed by atoms with Gasteiger partial charge in [-0.15, -0.1) is 0 Å². The molecule has 7 heteroatoms. The van der Waals surface area contributed by atoms with E-state index in [9.17, 15) is 14.7 Å². The summed E-state index contributed by atoms with van der Waals surface area (Å²) in [6, 6.07) is 11.3. The van der Waals surface area contributed by atoms with Gasteiger partial charge in [-0.2, -0.15) is 0 Å². The zero-order chi connectivity index (χ0) is 23.0. The van der Waals surface area contributed by atoms with E-state index in [1.807, 2.05) is 64.1 Å². The predicted molar refractivity (Wildman–Crippen MR) is 123 cm³/mol. The van der Waals surface area contributed by atoms with Crippen LogP contribution in [-0.4, -0.2) is 46.0 Å². The van der Waals surface area contributed by atoms with E-state index in [1.54, 1.807) is 17.4 Å². The first-order valence-corrected chi connectivity index (χ1v) is 10.9. The zero-order valence-electron chi connectivity index (χ0n) is 18.9. The summed E-state index contributed by atoms with van der Waals surface area (Å²) in [4.78, 5) is 27.5. The topological polar surface area (TPSA) is 84.9 Å². The second-order valence-corrected chi connectivity index (χ2v) is 8.80. The van der Waals surface area contributed by atoms with Crippen LogP contribution in [0.2, 0.25) is 0 Å². The van der Waals surface area contributed by atoms with Crippen molar-refractivity contribution in [2.75, 3.05) is 18.5 Å². The number of fused-ring (bicyclic) bond motifs is 1. The van der Waals surface area contributed by atoms with Crippen molar-refractivity contribution in [1.29, 1.82) is 0 Å². The van der Waals surface area contributed by atoms with Crippen LogP contribution < -0.4 is 10.7 Å². The minimum absolute atomic E-state index is 0.0836. The number of nitrogens with zero attached hydrogens (tertiary/aromatic N) is 2. The van der Waals surface area contributed by atoms with Crippen LogP contribution in [0.15, 0.2) is 48.8 Å². The molecule has 4 rings (SSSR count). The summed E-state index contributed by atoms with van der Waals surface area (Å²) in [6.45, 7) is 7.73. The number of carbonyl (C=O) groups excluding carboxylic acids is 2. The Balaban J connectivity index is 1.48. The summed E-state index contributed by atoms with van der Waals surface area (Å²) in [7, 11) is 0. The Kier molecular flexibility index (Phi) is 6.04. The van der Waals surface area contributed by atoms with Gasteiger partial charge in [-0.25, -0.2) is 5.43 Å². The fraction of sp³-hybridized carbons (Fsp3) is 0.360. The average Bonchev–Trinajstić information content (AvgIpc) is 3.12. The quantitative estimate of drug-likeness (QED) is 0.674. The number of hydrazine groups is 1. The van der Waals surface area contributed by atoms with Crippen molar-refractivity contribution in [3.8, 4) is 0 Å². The van der Waals surface area contributed by atoms with E-state index in [0.29, 0.717) is 0 Å². The van der Waals surface area contributed by atoms with E-state index in [-0.39, 0.29) is 36.9 Å². The lowest BCUT2D eigenvalue weighted by molar-refractivity contribution is -0.138. The van der Waals surface area contributed by atoms with Crippen LogP contribution in [0.3, 0.4) is 0 Å². The van der Waals surface area contributed by atoms with Gasteiger partial charge in [0.25, 0.3) is 5.91 Å². The van der Waals surface area contributed by atoms with E-state index in [4.69, 9.17) is 0 Å². The van der Waals surface area contributed by atoms with Gasteiger partial charge in [-0.1, -0.05) is 47.5 Å². The Hall–Kier alpha value is -3.16. The summed E-state index contributed by atoms with van der Waals surface area (Å²) in [5, 5.41) is 14.8.